The van der Waals surface area contributed by atoms with Crippen LogP contribution in [0.2, 0.25) is 0 Å². The maximum Gasteiger partial charge on any atom is 0.261 e. The van der Waals surface area contributed by atoms with E-state index in [1.165, 1.54) is 10.1 Å². The third-order valence-electron chi connectivity index (χ3n) is 4.60. The number of amides is 1. The zero-order valence-electron chi connectivity index (χ0n) is 14.0. The minimum atomic E-state index is -0.0654. The predicted octanol–water partition coefficient (Wildman–Crippen LogP) is 3.05. The van der Waals surface area contributed by atoms with Crippen LogP contribution < -0.4 is 5.32 Å². The summed E-state index contributed by atoms with van der Waals surface area (Å²) in [5, 5.41) is 4.30. The minimum Gasteiger partial charge on any atom is -0.379 e. The molecule has 1 aliphatic heterocycles. The highest BCUT2D eigenvalue weighted by Crippen LogP contribution is 2.30. The Bertz CT molecular complexity index is 702. The van der Waals surface area contributed by atoms with E-state index in [0.29, 0.717) is 6.54 Å². The molecule has 1 saturated heterocycles. The number of hydrogen-bond acceptors (Lipinski definition) is 4. The van der Waals surface area contributed by atoms with E-state index in [9.17, 15) is 4.79 Å². The van der Waals surface area contributed by atoms with Crippen LogP contribution in [0.5, 0.6) is 0 Å². The molecule has 1 aromatic heterocycles. The van der Waals surface area contributed by atoms with E-state index in [4.69, 9.17) is 4.74 Å². The van der Waals surface area contributed by atoms with Gasteiger partial charge in [-0.2, -0.15) is 0 Å². The Morgan fingerprint density at radius 3 is 2.70 bits per heavy atom. The molecule has 1 aliphatic rings. The van der Waals surface area contributed by atoms with E-state index in [-0.39, 0.29) is 11.4 Å². The highest BCUT2D eigenvalue weighted by atomic mass is 32.1. The number of ether oxygens (including phenoxy) is 1. The first kappa shape index (κ1) is 16.4. The molecule has 124 valence electrons. The molecular formula is C18H24N2O2S. The number of fused-ring (bicyclic) bond motifs is 1. The standard InChI is InChI=1S/C18H24N2O2S/c1-13-14-6-4-5-7-15(14)23-16(13)17(21)19-12-18(2,3)20-8-10-22-11-9-20/h4-7H,8-12H2,1-3H3,(H,19,21). The van der Waals surface area contributed by atoms with Crippen molar-refractivity contribution in [1.29, 1.82) is 0 Å². The van der Waals surface area contributed by atoms with Crippen molar-refractivity contribution in [3.63, 3.8) is 0 Å². The second-order valence-electron chi connectivity index (χ2n) is 6.65. The zero-order chi connectivity index (χ0) is 16.4. The van der Waals surface area contributed by atoms with Gasteiger partial charge in [-0.1, -0.05) is 18.2 Å². The number of hydrogen-bond donors (Lipinski definition) is 1. The zero-order valence-corrected chi connectivity index (χ0v) is 14.8. The van der Waals surface area contributed by atoms with Gasteiger partial charge >= 0.3 is 0 Å². The monoisotopic (exact) mass is 332 g/mol. The van der Waals surface area contributed by atoms with Gasteiger partial charge in [0.05, 0.1) is 18.1 Å². The fourth-order valence-corrected chi connectivity index (χ4v) is 4.17. The molecule has 3 rings (SSSR count). The SMILES string of the molecule is Cc1c(C(=O)NCC(C)(C)N2CCOCC2)sc2ccccc12. The van der Waals surface area contributed by atoms with Crippen molar-refractivity contribution >= 4 is 27.3 Å². The van der Waals surface area contributed by atoms with E-state index in [0.717, 1.165) is 36.7 Å². The summed E-state index contributed by atoms with van der Waals surface area (Å²) in [5.41, 5.74) is 1.01. The van der Waals surface area contributed by atoms with Gasteiger partial charge in [-0.05, 0) is 37.8 Å². The van der Waals surface area contributed by atoms with Crippen LogP contribution in [0.1, 0.15) is 29.1 Å². The van der Waals surface area contributed by atoms with Crippen LogP contribution in [-0.4, -0.2) is 49.2 Å². The van der Waals surface area contributed by atoms with Gasteiger partial charge < -0.3 is 10.1 Å². The Hall–Kier alpha value is -1.43. The number of nitrogens with one attached hydrogen (secondary N) is 1. The lowest BCUT2D eigenvalue weighted by atomic mass is 10.0. The maximum absolute atomic E-state index is 12.6. The minimum absolute atomic E-state index is 0.0324. The number of morpholine rings is 1. The Balaban J connectivity index is 1.69. The molecule has 0 bridgehead atoms. The first-order valence-electron chi connectivity index (χ1n) is 8.08. The molecule has 1 N–H and O–H groups in total. The van der Waals surface area contributed by atoms with Gasteiger partial charge in [-0.25, -0.2) is 0 Å². The van der Waals surface area contributed by atoms with E-state index in [2.05, 4.69) is 36.2 Å². The van der Waals surface area contributed by atoms with Crippen LogP contribution in [0.4, 0.5) is 0 Å². The summed E-state index contributed by atoms with van der Waals surface area (Å²) in [4.78, 5) is 15.8. The largest absolute Gasteiger partial charge is 0.379 e. The van der Waals surface area contributed by atoms with Crippen molar-refractivity contribution in [2.24, 2.45) is 0 Å². The molecule has 2 heterocycles. The summed E-state index contributed by atoms with van der Waals surface area (Å²) in [7, 11) is 0. The molecule has 0 radical (unpaired) electrons. The summed E-state index contributed by atoms with van der Waals surface area (Å²) >= 11 is 1.57. The van der Waals surface area contributed by atoms with Gasteiger partial charge in [-0.15, -0.1) is 11.3 Å². The van der Waals surface area contributed by atoms with Crippen molar-refractivity contribution in [3.8, 4) is 0 Å². The van der Waals surface area contributed by atoms with Crippen LogP contribution in [-0.2, 0) is 4.74 Å². The van der Waals surface area contributed by atoms with Gasteiger partial charge in [0.15, 0.2) is 0 Å². The number of aryl methyl sites for hydroxylation is 1. The normalized spacial score (nSPS) is 16.7. The van der Waals surface area contributed by atoms with Crippen LogP contribution in [0.25, 0.3) is 10.1 Å². The van der Waals surface area contributed by atoms with Crippen molar-refractivity contribution in [2.75, 3.05) is 32.8 Å². The molecule has 4 nitrogen and oxygen atoms in total. The Morgan fingerprint density at radius 2 is 2.00 bits per heavy atom. The third kappa shape index (κ3) is 3.42. The van der Waals surface area contributed by atoms with Crippen molar-refractivity contribution in [1.82, 2.24) is 10.2 Å². The van der Waals surface area contributed by atoms with Gasteiger partial charge in [0, 0.05) is 29.9 Å². The molecule has 2 aromatic rings. The molecule has 5 heteroatoms. The lowest BCUT2D eigenvalue weighted by molar-refractivity contribution is -0.00922. The van der Waals surface area contributed by atoms with E-state index >= 15 is 0 Å². The summed E-state index contributed by atoms with van der Waals surface area (Å²) in [6.45, 7) is 10.4. The molecular weight excluding hydrogens is 308 g/mol. The molecule has 23 heavy (non-hydrogen) atoms. The first-order chi connectivity index (χ1) is 11.0. The van der Waals surface area contributed by atoms with Gasteiger partial charge in [0.1, 0.15) is 0 Å². The Kier molecular flexibility index (Phi) is 4.71. The van der Waals surface area contributed by atoms with E-state index in [1.54, 1.807) is 11.3 Å². The maximum atomic E-state index is 12.6. The third-order valence-corrected chi connectivity index (χ3v) is 5.87. The van der Waals surface area contributed by atoms with E-state index in [1.807, 2.05) is 19.1 Å². The topological polar surface area (TPSA) is 41.6 Å². The Morgan fingerprint density at radius 1 is 1.30 bits per heavy atom. The molecule has 0 saturated carbocycles. The highest BCUT2D eigenvalue weighted by molar-refractivity contribution is 7.21. The number of nitrogens with zero attached hydrogens (tertiary/aromatic N) is 1. The molecule has 0 unspecified atom stereocenters. The molecule has 0 aliphatic carbocycles. The lowest BCUT2D eigenvalue weighted by Gasteiger charge is -2.40. The second-order valence-corrected chi connectivity index (χ2v) is 7.70. The molecule has 0 spiro atoms. The quantitative estimate of drug-likeness (QED) is 0.936. The Labute approximate surface area is 141 Å². The van der Waals surface area contributed by atoms with Gasteiger partial charge in [0.25, 0.3) is 5.91 Å². The van der Waals surface area contributed by atoms with Crippen LogP contribution >= 0.6 is 11.3 Å². The van der Waals surface area contributed by atoms with Crippen molar-refractivity contribution < 1.29 is 9.53 Å². The van der Waals surface area contributed by atoms with Crippen molar-refractivity contribution in [2.45, 2.75) is 26.3 Å². The van der Waals surface area contributed by atoms with Crippen LogP contribution in [0.3, 0.4) is 0 Å². The number of thiophene rings is 1. The highest BCUT2D eigenvalue weighted by Gasteiger charge is 2.29. The molecule has 0 atom stereocenters. The van der Waals surface area contributed by atoms with Gasteiger partial charge in [0.2, 0.25) is 0 Å². The smallest absolute Gasteiger partial charge is 0.261 e. The molecule has 1 amide bonds. The number of carbonyl (C=O) groups excluding carboxylic acids is 1. The summed E-state index contributed by atoms with van der Waals surface area (Å²) < 4.78 is 6.58. The van der Waals surface area contributed by atoms with E-state index < -0.39 is 0 Å². The average Bonchev–Trinajstić information content (AvgIpc) is 2.91. The fraction of sp³-hybridized carbons (Fsp3) is 0.500. The van der Waals surface area contributed by atoms with Crippen LogP contribution in [0, 0.1) is 6.92 Å². The summed E-state index contributed by atoms with van der Waals surface area (Å²) in [6.07, 6.45) is 0. The number of carbonyl (C=O) groups is 1. The lowest BCUT2D eigenvalue weighted by Crippen LogP contribution is -2.55. The first-order valence-corrected chi connectivity index (χ1v) is 8.90. The number of rotatable bonds is 4. The van der Waals surface area contributed by atoms with Crippen LogP contribution in [0.15, 0.2) is 24.3 Å². The fourth-order valence-electron chi connectivity index (χ4n) is 3.05. The average molecular weight is 332 g/mol. The number of benzene rings is 1. The molecule has 1 aromatic carbocycles. The van der Waals surface area contributed by atoms with Gasteiger partial charge in [-0.3, -0.25) is 9.69 Å². The van der Waals surface area contributed by atoms with Crippen molar-refractivity contribution in [3.05, 3.63) is 34.7 Å². The predicted molar refractivity (Wildman–Crippen MR) is 95.4 cm³/mol. The summed E-state index contributed by atoms with van der Waals surface area (Å²) in [5.74, 6) is 0.0324. The summed E-state index contributed by atoms with van der Waals surface area (Å²) in [6, 6.07) is 8.18. The molecule has 1 fully saturated rings. The second kappa shape index (κ2) is 6.59.